The second-order valence-corrected chi connectivity index (χ2v) is 5.95. The molecule has 0 saturated carbocycles. The summed E-state index contributed by atoms with van der Waals surface area (Å²) in [5.41, 5.74) is 1.55. The molecule has 2 aromatic carbocycles. The van der Waals surface area contributed by atoms with E-state index >= 15 is 0 Å². The van der Waals surface area contributed by atoms with Gasteiger partial charge in [-0.15, -0.1) is 0 Å². The molecule has 1 atom stereocenters. The zero-order valence-corrected chi connectivity index (χ0v) is 14.5. The molecule has 0 unspecified atom stereocenters. The number of esters is 1. The number of aliphatic carboxylic acids is 1. The Bertz CT molecular complexity index is 777. The van der Waals surface area contributed by atoms with Crippen molar-refractivity contribution in [3.63, 3.8) is 0 Å². The van der Waals surface area contributed by atoms with Crippen LogP contribution in [0.4, 0.5) is 5.69 Å². The minimum atomic E-state index is -1.01. The number of carboxylic acids is 1. The van der Waals surface area contributed by atoms with Crippen LogP contribution in [0.15, 0.2) is 54.6 Å². The number of nitrogens with zero attached hydrogens (tertiary/aromatic N) is 1. The Labute approximate surface area is 155 Å². The van der Waals surface area contributed by atoms with Crippen LogP contribution in [0.1, 0.15) is 24.0 Å². The third-order valence-corrected chi connectivity index (χ3v) is 3.82. The Morgan fingerprint density at radius 1 is 1.04 bits per heavy atom. The van der Waals surface area contributed by atoms with E-state index in [2.05, 4.69) is 5.32 Å². The van der Waals surface area contributed by atoms with Gasteiger partial charge in [0.05, 0.1) is 17.8 Å². The number of carboxylic acid groups (broad SMARTS) is 1. The molecule has 2 N–H and O–H groups in total. The average Bonchev–Trinajstić information content (AvgIpc) is 2.65. The number of hydrogen-bond acceptors (Lipinski definition) is 6. The van der Waals surface area contributed by atoms with E-state index in [1.807, 2.05) is 30.3 Å². The Morgan fingerprint density at radius 3 is 2.30 bits per heavy atom. The van der Waals surface area contributed by atoms with Crippen LogP contribution in [0.3, 0.4) is 0 Å². The molecule has 0 fully saturated rings. The van der Waals surface area contributed by atoms with Gasteiger partial charge in [-0.2, -0.15) is 0 Å². The fraction of sp³-hybridized carbons (Fsp3) is 0.263. The molecule has 2 rings (SSSR count). The maximum Gasteiger partial charge on any atom is 0.307 e. The molecule has 0 aliphatic rings. The van der Waals surface area contributed by atoms with Crippen molar-refractivity contribution in [2.45, 2.75) is 32.0 Å². The van der Waals surface area contributed by atoms with Gasteiger partial charge in [0, 0.05) is 24.7 Å². The molecule has 0 spiro atoms. The molecule has 8 heteroatoms. The zero-order chi connectivity index (χ0) is 19.6. The summed E-state index contributed by atoms with van der Waals surface area (Å²) >= 11 is 0. The number of rotatable bonds is 10. The summed E-state index contributed by atoms with van der Waals surface area (Å²) in [5.74, 6) is -1.55. The van der Waals surface area contributed by atoms with E-state index in [1.54, 1.807) is 0 Å². The highest BCUT2D eigenvalue weighted by molar-refractivity contribution is 5.73. The minimum absolute atomic E-state index is 0.0324. The average molecular weight is 372 g/mol. The van der Waals surface area contributed by atoms with E-state index in [4.69, 9.17) is 9.84 Å². The van der Waals surface area contributed by atoms with E-state index < -0.39 is 22.9 Å². The molecule has 0 saturated heterocycles. The van der Waals surface area contributed by atoms with Crippen molar-refractivity contribution in [3.8, 4) is 0 Å². The number of ether oxygens (including phenoxy) is 1. The Hall–Kier alpha value is -3.26. The largest absolute Gasteiger partial charge is 0.481 e. The lowest BCUT2D eigenvalue weighted by Gasteiger charge is -2.16. The van der Waals surface area contributed by atoms with E-state index in [0.29, 0.717) is 12.1 Å². The van der Waals surface area contributed by atoms with Gasteiger partial charge in [0.25, 0.3) is 5.69 Å². The van der Waals surface area contributed by atoms with Gasteiger partial charge in [-0.3, -0.25) is 19.7 Å². The number of nitro groups is 1. The molecule has 0 aliphatic heterocycles. The van der Waals surface area contributed by atoms with Crippen LogP contribution >= 0.6 is 0 Å². The predicted octanol–water partition coefficient (Wildman–Crippen LogP) is 2.66. The standard InChI is InChI=1S/C19H20N2O6/c22-18(23)10-16(20-12-14-4-2-1-3-5-14)11-19(24)27-13-15-6-8-17(9-7-15)21(25)26/h1-9,16,20H,10-13H2,(H,22,23)/t16-/m0/s1. The van der Waals surface area contributed by atoms with Gasteiger partial charge in [-0.25, -0.2) is 0 Å². The van der Waals surface area contributed by atoms with Crippen LogP contribution in [-0.2, 0) is 27.5 Å². The highest BCUT2D eigenvalue weighted by Crippen LogP contribution is 2.13. The predicted molar refractivity (Wildman–Crippen MR) is 96.8 cm³/mol. The van der Waals surface area contributed by atoms with Crippen molar-refractivity contribution in [3.05, 3.63) is 75.8 Å². The number of non-ortho nitro benzene ring substituents is 1. The Kier molecular flexibility index (Phi) is 7.45. The summed E-state index contributed by atoms with van der Waals surface area (Å²) in [7, 11) is 0. The number of nitro benzene ring substituents is 1. The molecule has 0 bridgehead atoms. The first-order valence-corrected chi connectivity index (χ1v) is 8.32. The van der Waals surface area contributed by atoms with E-state index in [1.165, 1.54) is 24.3 Å². The van der Waals surface area contributed by atoms with Crippen molar-refractivity contribution in [1.82, 2.24) is 5.32 Å². The molecule has 0 radical (unpaired) electrons. The summed E-state index contributed by atoms with van der Waals surface area (Å²) in [6.07, 6.45) is -0.300. The summed E-state index contributed by atoms with van der Waals surface area (Å²) in [4.78, 5) is 33.2. The highest BCUT2D eigenvalue weighted by atomic mass is 16.6. The van der Waals surface area contributed by atoms with Crippen molar-refractivity contribution < 1.29 is 24.4 Å². The molecule has 8 nitrogen and oxygen atoms in total. The number of nitrogens with one attached hydrogen (secondary N) is 1. The summed E-state index contributed by atoms with van der Waals surface area (Å²) in [6.45, 7) is 0.406. The van der Waals surface area contributed by atoms with Gasteiger partial charge in [0.2, 0.25) is 0 Å². The van der Waals surface area contributed by atoms with Crippen molar-refractivity contribution in [2.24, 2.45) is 0 Å². The molecule has 0 aliphatic carbocycles. The molecule has 27 heavy (non-hydrogen) atoms. The van der Waals surface area contributed by atoms with Gasteiger partial charge in [-0.1, -0.05) is 30.3 Å². The maximum absolute atomic E-state index is 12.0. The molecule has 0 heterocycles. The van der Waals surface area contributed by atoms with Crippen molar-refractivity contribution in [2.75, 3.05) is 0 Å². The zero-order valence-electron chi connectivity index (χ0n) is 14.5. The quantitative estimate of drug-likeness (QED) is 0.374. The summed E-state index contributed by atoms with van der Waals surface area (Å²) < 4.78 is 5.15. The normalized spacial score (nSPS) is 11.6. The number of hydrogen-bond donors (Lipinski definition) is 2. The lowest BCUT2D eigenvalue weighted by atomic mass is 10.1. The maximum atomic E-state index is 12.0. The molecule has 2 aromatic rings. The topological polar surface area (TPSA) is 119 Å². The number of carbonyl (C=O) groups excluding carboxylic acids is 1. The van der Waals surface area contributed by atoms with Crippen LogP contribution in [0, 0.1) is 10.1 Å². The summed E-state index contributed by atoms with van der Waals surface area (Å²) in [6, 6.07) is 14.6. The third-order valence-electron chi connectivity index (χ3n) is 3.82. The Morgan fingerprint density at radius 2 is 1.70 bits per heavy atom. The first-order valence-electron chi connectivity index (χ1n) is 8.32. The monoisotopic (exact) mass is 372 g/mol. The molecular formula is C19H20N2O6. The van der Waals surface area contributed by atoms with Gasteiger partial charge < -0.3 is 15.2 Å². The van der Waals surface area contributed by atoms with E-state index in [-0.39, 0.29) is 25.1 Å². The van der Waals surface area contributed by atoms with Gasteiger partial charge >= 0.3 is 11.9 Å². The minimum Gasteiger partial charge on any atom is -0.481 e. The second kappa shape index (κ2) is 10.0. The molecular weight excluding hydrogens is 352 g/mol. The first-order chi connectivity index (χ1) is 12.9. The van der Waals surface area contributed by atoms with Crippen LogP contribution in [-0.4, -0.2) is 28.0 Å². The van der Waals surface area contributed by atoms with Crippen LogP contribution in [0.25, 0.3) is 0 Å². The van der Waals surface area contributed by atoms with Gasteiger partial charge in [-0.05, 0) is 23.3 Å². The first kappa shape index (κ1) is 20.1. The fourth-order valence-electron chi connectivity index (χ4n) is 2.42. The summed E-state index contributed by atoms with van der Waals surface area (Å²) in [5, 5.41) is 22.7. The fourth-order valence-corrected chi connectivity index (χ4v) is 2.42. The highest BCUT2D eigenvalue weighted by Gasteiger charge is 2.18. The van der Waals surface area contributed by atoms with Gasteiger partial charge in [0.1, 0.15) is 6.61 Å². The van der Waals surface area contributed by atoms with Crippen LogP contribution < -0.4 is 5.32 Å². The smallest absolute Gasteiger partial charge is 0.307 e. The van der Waals surface area contributed by atoms with E-state index in [9.17, 15) is 19.7 Å². The van der Waals surface area contributed by atoms with Crippen LogP contribution in [0.2, 0.25) is 0 Å². The van der Waals surface area contributed by atoms with Crippen molar-refractivity contribution in [1.29, 1.82) is 0 Å². The number of carbonyl (C=O) groups is 2. The third kappa shape index (κ3) is 7.25. The Balaban J connectivity index is 1.84. The molecule has 0 aromatic heterocycles. The SMILES string of the molecule is O=C(O)C[C@@H](CC(=O)OCc1ccc([N+](=O)[O-])cc1)NCc1ccccc1. The lowest BCUT2D eigenvalue weighted by molar-refractivity contribution is -0.384. The molecule has 0 amide bonds. The van der Waals surface area contributed by atoms with Crippen LogP contribution in [0.5, 0.6) is 0 Å². The van der Waals surface area contributed by atoms with E-state index in [0.717, 1.165) is 5.56 Å². The second-order valence-electron chi connectivity index (χ2n) is 5.95. The van der Waals surface area contributed by atoms with Gasteiger partial charge in [0.15, 0.2) is 0 Å². The number of benzene rings is 2. The lowest BCUT2D eigenvalue weighted by Crippen LogP contribution is -2.33. The van der Waals surface area contributed by atoms with Crippen molar-refractivity contribution >= 4 is 17.6 Å². The molecule has 142 valence electrons.